The fourth-order valence-electron chi connectivity index (χ4n) is 1.87. The molecule has 0 unspecified atom stereocenters. The molecule has 2 aromatic carbocycles. The summed E-state index contributed by atoms with van der Waals surface area (Å²) in [6, 6.07) is 9.17. The van der Waals surface area contributed by atoms with Crippen molar-refractivity contribution in [2.45, 2.75) is 11.1 Å². The number of benzene rings is 2. The summed E-state index contributed by atoms with van der Waals surface area (Å²) in [6.45, 7) is -0.536. The van der Waals surface area contributed by atoms with Crippen molar-refractivity contribution in [1.82, 2.24) is 4.72 Å². The highest BCUT2D eigenvalue weighted by Gasteiger charge is 2.30. The SMILES string of the molecule is O=S(=O)(NCC#CCOc1cccc(C(F)(F)F)c1)c1ccccc1F. The summed E-state index contributed by atoms with van der Waals surface area (Å²) in [5.74, 6) is 3.99. The van der Waals surface area contributed by atoms with Crippen LogP contribution in [0.3, 0.4) is 0 Å². The summed E-state index contributed by atoms with van der Waals surface area (Å²) < 4.78 is 82.1. The van der Waals surface area contributed by atoms with Crippen molar-refractivity contribution in [2.75, 3.05) is 13.2 Å². The minimum Gasteiger partial charge on any atom is -0.481 e. The lowest BCUT2D eigenvalue weighted by atomic mass is 10.2. The van der Waals surface area contributed by atoms with E-state index in [1.54, 1.807) is 0 Å². The van der Waals surface area contributed by atoms with Gasteiger partial charge >= 0.3 is 6.18 Å². The molecule has 0 aromatic heterocycles. The van der Waals surface area contributed by atoms with Crippen LogP contribution in [0.25, 0.3) is 0 Å². The molecule has 0 saturated heterocycles. The van der Waals surface area contributed by atoms with Gasteiger partial charge in [0.25, 0.3) is 0 Å². The van der Waals surface area contributed by atoms with E-state index in [1.807, 2.05) is 0 Å². The molecule has 0 radical (unpaired) electrons. The van der Waals surface area contributed by atoms with Gasteiger partial charge < -0.3 is 4.74 Å². The predicted molar refractivity (Wildman–Crippen MR) is 86.3 cm³/mol. The van der Waals surface area contributed by atoms with Crippen molar-refractivity contribution in [2.24, 2.45) is 0 Å². The van der Waals surface area contributed by atoms with Crippen LogP contribution in [-0.4, -0.2) is 21.6 Å². The highest BCUT2D eigenvalue weighted by atomic mass is 32.2. The van der Waals surface area contributed by atoms with E-state index in [1.165, 1.54) is 24.3 Å². The molecule has 2 aromatic rings. The molecular weight excluding hydrogens is 374 g/mol. The molecule has 0 aliphatic carbocycles. The Morgan fingerprint density at radius 3 is 2.46 bits per heavy atom. The molecule has 4 nitrogen and oxygen atoms in total. The van der Waals surface area contributed by atoms with Crippen LogP contribution < -0.4 is 9.46 Å². The first kappa shape index (κ1) is 19.8. The van der Waals surface area contributed by atoms with Crippen LogP contribution in [0.4, 0.5) is 17.6 Å². The third kappa shape index (κ3) is 5.47. The van der Waals surface area contributed by atoms with Crippen molar-refractivity contribution in [1.29, 1.82) is 0 Å². The lowest BCUT2D eigenvalue weighted by molar-refractivity contribution is -0.137. The second kappa shape index (κ2) is 8.21. The van der Waals surface area contributed by atoms with E-state index in [9.17, 15) is 26.0 Å². The van der Waals surface area contributed by atoms with E-state index in [2.05, 4.69) is 16.6 Å². The third-order valence-electron chi connectivity index (χ3n) is 3.07. The molecule has 0 aliphatic rings. The molecule has 0 amide bonds. The Balaban J connectivity index is 1.88. The lowest BCUT2D eigenvalue weighted by Crippen LogP contribution is -2.25. The monoisotopic (exact) mass is 387 g/mol. The Kier molecular flexibility index (Phi) is 6.23. The zero-order valence-corrected chi connectivity index (χ0v) is 14.0. The molecule has 0 atom stereocenters. The highest BCUT2D eigenvalue weighted by molar-refractivity contribution is 7.89. The standard InChI is InChI=1S/C17H13F4NO3S/c18-15-8-1-2-9-16(15)26(23,24)22-10-3-4-11-25-14-7-5-6-13(12-14)17(19,20)21/h1-2,5-9,12,22H,10-11H2. The summed E-state index contributed by atoms with van der Waals surface area (Å²) in [5.41, 5.74) is -0.847. The van der Waals surface area contributed by atoms with Gasteiger partial charge in [-0.15, -0.1) is 0 Å². The maximum atomic E-state index is 13.5. The van der Waals surface area contributed by atoms with Crippen molar-refractivity contribution in [3.63, 3.8) is 0 Å². The average Bonchev–Trinajstić information content (AvgIpc) is 2.57. The van der Waals surface area contributed by atoms with Crippen LogP contribution >= 0.6 is 0 Å². The van der Waals surface area contributed by atoms with Gasteiger partial charge in [-0.05, 0) is 30.3 Å². The molecule has 0 bridgehead atoms. The number of halogens is 4. The molecule has 1 N–H and O–H groups in total. The third-order valence-corrected chi connectivity index (χ3v) is 4.51. The Bertz CT molecular complexity index is 931. The normalized spacial score (nSPS) is 11.5. The lowest BCUT2D eigenvalue weighted by Gasteiger charge is -2.08. The summed E-state index contributed by atoms with van der Waals surface area (Å²) in [7, 11) is -4.05. The van der Waals surface area contributed by atoms with E-state index in [-0.39, 0.29) is 18.9 Å². The maximum absolute atomic E-state index is 13.5. The molecular formula is C17H13F4NO3S. The van der Waals surface area contributed by atoms with Crippen LogP contribution in [-0.2, 0) is 16.2 Å². The van der Waals surface area contributed by atoms with E-state index in [4.69, 9.17) is 4.74 Å². The first-order chi connectivity index (χ1) is 12.2. The molecule has 9 heteroatoms. The number of alkyl halides is 3. The van der Waals surface area contributed by atoms with Gasteiger partial charge in [-0.25, -0.2) is 12.8 Å². The van der Waals surface area contributed by atoms with Crippen LogP contribution in [0, 0.1) is 17.7 Å². The van der Waals surface area contributed by atoms with Crippen molar-refractivity contribution >= 4 is 10.0 Å². The molecule has 2 rings (SSSR count). The molecule has 0 fully saturated rings. The minimum atomic E-state index is -4.48. The number of hydrogen-bond donors (Lipinski definition) is 1. The van der Waals surface area contributed by atoms with Gasteiger partial charge in [0.2, 0.25) is 10.0 Å². The first-order valence-electron chi connectivity index (χ1n) is 7.20. The number of nitrogens with one attached hydrogen (secondary N) is 1. The van der Waals surface area contributed by atoms with Crippen LogP contribution in [0.2, 0.25) is 0 Å². The maximum Gasteiger partial charge on any atom is 0.416 e. The Morgan fingerprint density at radius 1 is 1.04 bits per heavy atom. The summed E-state index contributed by atoms with van der Waals surface area (Å²) in [4.78, 5) is -0.498. The second-order valence-electron chi connectivity index (χ2n) is 4.92. The molecule has 0 heterocycles. The molecule has 138 valence electrons. The molecule has 26 heavy (non-hydrogen) atoms. The quantitative estimate of drug-likeness (QED) is 0.633. The zero-order valence-electron chi connectivity index (χ0n) is 13.2. The summed E-state index contributed by atoms with van der Waals surface area (Å²) >= 11 is 0. The average molecular weight is 387 g/mol. The van der Waals surface area contributed by atoms with E-state index >= 15 is 0 Å². The van der Waals surface area contributed by atoms with Crippen molar-refractivity contribution < 1.29 is 30.7 Å². The predicted octanol–water partition coefficient (Wildman–Crippen LogP) is 3.21. The van der Waals surface area contributed by atoms with Gasteiger partial charge in [0.15, 0.2) is 0 Å². The van der Waals surface area contributed by atoms with E-state index in [0.29, 0.717) is 0 Å². The smallest absolute Gasteiger partial charge is 0.416 e. The zero-order chi connectivity index (χ0) is 19.2. The van der Waals surface area contributed by atoms with Crippen LogP contribution in [0.15, 0.2) is 53.4 Å². The van der Waals surface area contributed by atoms with Crippen molar-refractivity contribution in [3.05, 3.63) is 59.9 Å². The first-order valence-corrected chi connectivity index (χ1v) is 8.68. The fourth-order valence-corrected chi connectivity index (χ4v) is 2.87. The van der Waals surface area contributed by atoms with Crippen LogP contribution in [0.5, 0.6) is 5.75 Å². The summed E-state index contributed by atoms with van der Waals surface area (Å²) in [6.07, 6.45) is -4.48. The van der Waals surface area contributed by atoms with Crippen molar-refractivity contribution in [3.8, 4) is 17.6 Å². The molecule has 0 aliphatic heterocycles. The van der Waals surface area contributed by atoms with E-state index in [0.717, 1.165) is 24.3 Å². The van der Waals surface area contributed by atoms with Gasteiger partial charge in [0, 0.05) is 0 Å². The minimum absolute atomic E-state index is 0.0129. The molecule has 0 spiro atoms. The molecule has 0 saturated carbocycles. The van der Waals surface area contributed by atoms with E-state index < -0.39 is 32.5 Å². The van der Waals surface area contributed by atoms with Gasteiger partial charge in [-0.1, -0.05) is 30.0 Å². The summed E-state index contributed by atoms with van der Waals surface area (Å²) in [5, 5.41) is 0. The largest absolute Gasteiger partial charge is 0.481 e. The van der Waals surface area contributed by atoms with Gasteiger partial charge in [0.1, 0.15) is 23.1 Å². The topological polar surface area (TPSA) is 55.4 Å². The van der Waals surface area contributed by atoms with Crippen LogP contribution in [0.1, 0.15) is 5.56 Å². The Morgan fingerprint density at radius 2 is 1.77 bits per heavy atom. The second-order valence-corrected chi connectivity index (χ2v) is 6.66. The Hall–Kier alpha value is -2.57. The van der Waals surface area contributed by atoms with Gasteiger partial charge in [0.05, 0.1) is 12.1 Å². The number of hydrogen-bond acceptors (Lipinski definition) is 3. The van der Waals surface area contributed by atoms with Gasteiger partial charge in [-0.3, -0.25) is 0 Å². The fraction of sp³-hybridized carbons (Fsp3) is 0.176. The number of ether oxygens (including phenoxy) is 1. The van der Waals surface area contributed by atoms with Gasteiger partial charge in [-0.2, -0.15) is 17.9 Å². The highest BCUT2D eigenvalue weighted by Crippen LogP contribution is 2.31. The number of sulfonamides is 1. The number of rotatable bonds is 5. The Labute approximate surface area is 147 Å².